The Morgan fingerprint density at radius 3 is 2.31 bits per heavy atom. The smallest absolute Gasteiger partial charge is 0.225 e. The second-order valence-corrected chi connectivity index (χ2v) is 5.20. The zero-order chi connectivity index (χ0) is 11.8. The predicted molar refractivity (Wildman–Crippen MR) is 64.7 cm³/mol. The third kappa shape index (κ3) is 1.81. The number of nitrogens with two attached hydrogens (primary N) is 1. The summed E-state index contributed by atoms with van der Waals surface area (Å²) in [7, 11) is -3.66. The summed E-state index contributed by atoms with van der Waals surface area (Å²) >= 11 is 0. The van der Waals surface area contributed by atoms with Gasteiger partial charge < -0.3 is 0 Å². The molecule has 2 aromatic rings. The number of primary sulfonamides is 1. The average molecular weight is 235 g/mol. The van der Waals surface area contributed by atoms with Crippen LogP contribution in [-0.4, -0.2) is 8.42 Å². The van der Waals surface area contributed by atoms with Gasteiger partial charge in [0, 0.05) is 5.39 Å². The first-order valence-electron chi connectivity index (χ1n) is 5.07. The zero-order valence-corrected chi connectivity index (χ0v) is 9.79. The maximum Gasteiger partial charge on any atom is 0.238 e. The Morgan fingerprint density at radius 1 is 1.12 bits per heavy atom. The van der Waals surface area contributed by atoms with Gasteiger partial charge >= 0.3 is 0 Å². The van der Waals surface area contributed by atoms with E-state index in [0.29, 0.717) is 0 Å². The second-order valence-electron chi connectivity index (χ2n) is 3.67. The van der Waals surface area contributed by atoms with Gasteiger partial charge in [0.05, 0.1) is 4.90 Å². The lowest BCUT2D eigenvalue weighted by atomic mass is 10.0. The van der Waals surface area contributed by atoms with Crippen LogP contribution >= 0.6 is 0 Å². The number of hydrogen-bond donors (Lipinski definition) is 1. The summed E-state index contributed by atoms with van der Waals surface area (Å²) in [6.45, 7) is 1.99. The fourth-order valence-corrected chi connectivity index (χ4v) is 2.72. The quantitative estimate of drug-likeness (QED) is 0.866. The van der Waals surface area contributed by atoms with E-state index in [0.717, 1.165) is 22.8 Å². The molecule has 3 nitrogen and oxygen atoms in total. The van der Waals surface area contributed by atoms with Gasteiger partial charge in [-0.1, -0.05) is 37.3 Å². The summed E-state index contributed by atoms with van der Waals surface area (Å²) in [5.74, 6) is 0. The fraction of sp³-hybridized carbons (Fsp3) is 0.167. The maximum atomic E-state index is 11.5. The molecule has 84 valence electrons. The molecule has 0 atom stereocenters. The molecule has 0 bridgehead atoms. The lowest BCUT2D eigenvalue weighted by Crippen LogP contribution is -2.13. The van der Waals surface area contributed by atoms with E-state index in [-0.39, 0.29) is 4.90 Å². The highest BCUT2D eigenvalue weighted by molar-refractivity contribution is 7.89. The molecule has 0 aliphatic carbocycles. The molecule has 0 aliphatic rings. The molecule has 16 heavy (non-hydrogen) atoms. The van der Waals surface area contributed by atoms with Crippen molar-refractivity contribution in [3.05, 3.63) is 42.0 Å². The molecule has 0 aliphatic heterocycles. The van der Waals surface area contributed by atoms with E-state index in [4.69, 9.17) is 5.14 Å². The normalized spacial score (nSPS) is 11.9. The lowest BCUT2D eigenvalue weighted by Gasteiger charge is -2.08. The number of rotatable bonds is 2. The van der Waals surface area contributed by atoms with Crippen LogP contribution < -0.4 is 5.14 Å². The van der Waals surface area contributed by atoms with E-state index in [1.165, 1.54) is 0 Å². The molecule has 0 aromatic heterocycles. The molecule has 0 saturated heterocycles. The number of hydrogen-bond acceptors (Lipinski definition) is 2. The fourth-order valence-electron chi connectivity index (χ4n) is 1.91. The predicted octanol–water partition coefficient (Wildman–Crippen LogP) is 2.05. The largest absolute Gasteiger partial charge is 0.238 e. The minimum absolute atomic E-state index is 0.211. The highest BCUT2D eigenvalue weighted by Crippen LogP contribution is 2.26. The molecule has 0 saturated carbocycles. The zero-order valence-electron chi connectivity index (χ0n) is 8.97. The summed E-state index contributed by atoms with van der Waals surface area (Å²) in [5.41, 5.74) is 1.00. The van der Waals surface area contributed by atoms with E-state index in [1.807, 2.05) is 31.2 Å². The molecule has 0 spiro atoms. The molecule has 0 unspecified atom stereocenters. The van der Waals surface area contributed by atoms with Crippen LogP contribution in [0.4, 0.5) is 0 Å². The summed E-state index contributed by atoms with van der Waals surface area (Å²) in [4.78, 5) is 0.211. The van der Waals surface area contributed by atoms with Gasteiger partial charge in [0.2, 0.25) is 10.0 Å². The topological polar surface area (TPSA) is 60.2 Å². The first-order chi connectivity index (χ1) is 7.54. The first-order valence-corrected chi connectivity index (χ1v) is 6.62. The van der Waals surface area contributed by atoms with Crippen molar-refractivity contribution in [3.8, 4) is 0 Å². The van der Waals surface area contributed by atoms with Crippen LogP contribution in [0.2, 0.25) is 0 Å². The van der Waals surface area contributed by atoms with Crippen molar-refractivity contribution in [2.45, 2.75) is 18.2 Å². The summed E-state index contributed by atoms with van der Waals surface area (Å²) < 4.78 is 23.0. The van der Waals surface area contributed by atoms with Crippen molar-refractivity contribution in [2.75, 3.05) is 0 Å². The molecular weight excluding hydrogens is 222 g/mol. The van der Waals surface area contributed by atoms with Crippen LogP contribution in [0.5, 0.6) is 0 Å². The molecule has 0 radical (unpaired) electrons. The molecule has 0 fully saturated rings. The van der Waals surface area contributed by atoms with E-state index >= 15 is 0 Å². The molecule has 4 heteroatoms. The van der Waals surface area contributed by atoms with Gasteiger partial charge in [0.15, 0.2) is 0 Å². The Morgan fingerprint density at radius 2 is 1.75 bits per heavy atom. The van der Waals surface area contributed by atoms with Crippen molar-refractivity contribution in [3.63, 3.8) is 0 Å². The SMILES string of the molecule is CCc1cccc2cccc(S(N)(=O)=O)c12. The standard InChI is InChI=1S/C12H13NO2S/c1-2-9-5-3-6-10-7-4-8-11(12(9)10)16(13,14)15/h3-8H,2H2,1H3,(H2,13,14,15). The Labute approximate surface area is 94.9 Å². The Hall–Kier alpha value is -1.39. The van der Waals surface area contributed by atoms with Crippen molar-refractivity contribution in [2.24, 2.45) is 5.14 Å². The van der Waals surface area contributed by atoms with Gasteiger partial charge in [0.25, 0.3) is 0 Å². The third-order valence-corrected chi connectivity index (χ3v) is 3.59. The van der Waals surface area contributed by atoms with Crippen LogP contribution in [-0.2, 0) is 16.4 Å². The van der Waals surface area contributed by atoms with Crippen LogP contribution in [0.15, 0.2) is 41.3 Å². The number of benzene rings is 2. The molecular formula is C12H13NO2S. The van der Waals surface area contributed by atoms with Crippen LogP contribution in [0.25, 0.3) is 10.8 Å². The van der Waals surface area contributed by atoms with Crippen molar-refractivity contribution in [1.29, 1.82) is 0 Å². The molecule has 0 heterocycles. The highest BCUT2D eigenvalue weighted by atomic mass is 32.2. The van der Waals surface area contributed by atoms with E-state index in [9.17, 15) is 8.42 Å². The second kappa shape index (κ2) is 3.88. The minimum Gasteiger partial charge on any atom is -0.225 e. The molecule has 2 aromatic carbocycles. The number of aryl methyl sites for hydroxylation is 1. The first kappa shape index (κ1) is 11.1. The van der Waals surface area contributed by atoms with Crippen molar-refractivity contribution >= 4 is 20.8 Å². The van der Waals surface area contributed by atoms with Gasteiger partial charge in [-0.25, -0.2) is 13.6 Å². The Bertz CT molecular complexity index is 627. The number of fused-ring (bicyclic) bond motifs is 1. The average Bonchev–Trinajstić information content (AvgIpc) is 2.26. The van der Waals surface area contributed by atoms with Crippen molar-refractivity contribution < 1.29 is 8.42 Å². The molecule has 0 amide bonds. The molecule has 2 rings (SSSR count). The van der Waals surface area contributed by atoms with Crippen LogP contribution in [0, 0.1) is 0 Å². The van der Waals surface area contributed by atoms with Gasteiger partial charge in [-0.05, 0) is 23.4 Å². The molecule has 2 N–H and O–H groups in total. The van der Waals surface area contributed by atoms with Gasteiger partial charge in [0.1, 0.15) is 0 Å². The van der Waals surface area contributed by atoms with Crippen molar-refractivity contribution in [1.82, 2.24) is 0 Å². The Balaban J connectivity index is 2.96. The van der Waals surface area contributed by atoms with E-state index < -0.39 is 10.0 Å². The maximum absolute atomic E-state index is 11.5. The van der Waals surface area contributed by atoms with Gasteiger partial charge in [-0.2, -0.15) is 0 Å². The number of sulfonamides is 1. The Kier molecular flexibility index (Phi) is 2.69. The van der Waals surface area contributed by atoms with Crippen LogP contribution in [0.1, 0.15) is 12.5 Å². The van der Waals surface area contributed by atoms with Gasteiger partial charge in [-0.3, -0.25) is 0 Å². The lowest BCUT2D eigenvalue weighted by molar-refractivity contribution is 0.598. The third-order valence-electron chi connectivity index (χ3n) is 2.64. The summed E-state index contributed by atoms with van der Waals surface area (Å²) in [6, 6.07) is 10.9. The van der Waals surface area contributed by atoms with E-state index in [1.54, 1.807) is 12.1 Å². The van der Waals surface area contributed by atoms with E-state index in [2.05, 4.69) is 0 Å². The monoisotopic (exact) mass is 235 g/mol. The summed E-state index contributed by atoms with van der Waals surface area (Å²) in [6.07, 6.45) is 0.782. The highest BCUT2D eigenvalue weighted by Gasteiger charge is 2.13. The summed E-state index contributed by atoms with van der Waals surface area (Å²) in [5, 5.41) is 6.87. The van der Waals surface area contributed by atoms with Crippen LogP contribution in [0.3, 0.4) is 0 Å². The minimum atomic E-state index is -3.66. The van der Waals surface area contributed by atoms with Gasteiger partial charge in [-0.15, -0.1) is 0 Å².